The van der Waals surface area contributed by atoms with Gasteiger partial charge in [0.15, 0.2) is 0 Å². The maximum Gasteiger partial charge on any atom is 0.225 e. The molecule has 3 atom stereocenters. The molecule has 3 aliphatic rings. The molecule has 3 unspecified atom stereocenters. The first kappa shape index (κ1) is 20.5. The first-order valence-electron chi connectivity index (χ1n) is 9.14. The predicted molar refractivity (Wildman–Crippen MR) is 103 cm³/mol. The van der Waals surface area contributed by atoms with Crippen LogP contribution in [0.1, 0.15) is 50.0 Å². The molecule has 0 radical (unpaired) electrons. The van der Waals surface area contributed by atoms with Crippen LogP contribution >= 0.6 is 24.8 Å². The van der Waals surface area contributed by atoms with Gasteiger partial charge in [-0.15, -0.1) is 24.8 Å². The summed E-state index contributed by atoms with van der Waals surface area (Å²) in [6, 6.07) is 0.342. The van der Waals surface area contributed by atoms with Gasteiger partial charge < -0.3 is 10.6 Å². The number of aryl methyl sites for hydroxylation is 1. The fraction of sp³-hybridized carbons (Fsp3) is 0.778. The van der Waals surface area contributed by atoms with Gasteiger partial charge in [-0.05, 0) is 49.5 Å². The van der Waals surface area contributed by atoms with Crippen LogP contribution < -0.4 is 5.73 Å². The smallest absolute Gasteiger partial charge is 0.225 e. The predicted octanol–water partition coefficient (Wildman–Crippen LogP) is 2.73. The summed E-state index contributed by atoms with van der Waals surface area (Å²) in [5.41, 5.74) is 7.64. The second-order valence-corrected chi connectivity index (χ2v) is 7.91. The van der Waals surface area contributed by atoms with Crippen molar-refractivity contribution in [1.29, 1.82) is 0 Å². The zero-order valence-electron chi connectivity index (χ0n) is 14.8. The molecule has 1 aliphatic heterocycles. The Morgan fingerprint density at radius 2 is 1.88 bits per heavy atom. The van der Waals surface area contributed by atoms with Gasteiger partial charge in [-0.3, -0.25) is 9.48 Å². The topological polar surface area (TPSA) is 64.2 Å². The van der Waals surface area contributed by atoms with Crippen LogP contribution in [-0.4, -0.2) is 39.7 Å². The number of hydrogen-bond acceptors (Lipinski definition) is 3. The average molecular weight is 389 g/mol. The van der Waals surface area contributed by atoms with Gasteiger partial charge in [-0.2, -0.15) is 5.10 Å². The maximum atomic E-state index is 13.0. The van der Waals surface area contributed by atoms with Crippen LogP contribution in [0.5, 0.6) is 0 Å². The highest BCUT2D eigenvalue weighted by molar-refractivity contribution is 5.85. The molecule has 5 nitrogen and oxygen atoms in total. The van der Waals surface area contributed by atoms with Crippen molar-refractivity contribution in [2.45, 2.75) is 50.5 Å². The Labute approximate surface area is 162 Å². The minimum atomic E-state index is 0. The number of fused-ring (bicyclic) bond motifs is 2. The fourth-order valence-electron chi connectivity index (χ4n) is 5.13. The maximum absolute atomic E-state index is 13.0. The van der Waals surface area contributed by atoms with E-state index in [4.69, 9.17) is 5.73 Å². The first-order chi connectivity index (χ1) is 11.1. The normalized spacial score (nSPS) is 34.2. The molecule has 1 saturated heterocycles. The summed E-state index contributed by atoms with van der Waals surface area (Å²) < 4.78 is 1.85. The van der Waals surface area contributed by atoms with Crippen LogP contribution in [0, 0.1) is 17.8 Å². The standard InChI is InChI=1S/C18H28N4O.2ClH/c1-21-10-16(9-20-21)14-5-6-22(11-14)18(23)15-7-12-3-2-4-13(8-15)17(12)19;;/h9-10,12-15,17H,2-8,11,19H2,1H3;2*1H. The number of nitrogens with zero attached hydrogens (tertiary/aromatic N) is 3. The van der Waals surface area contributed by atoms with E-state index in [1.165, 1.54) is 24.8 Å². The van der Waals surface area contributed by atoms with Crippen LogP contribution in [0.3, 0.4) is 0 Å². The highest BCUT2D eigenvalue weighted by Gasteiger charge is 2.42. The van der Waals surface area contributed by atoms with Crippen molar-refractivity contribution in [3.63, 3.8) is 0 Å². The van der Waals surface area contributed by atoms with Crippen LogP contribution in [-0.2, 0) is 11.8 Å². The zero-order chi connectivity index (χ0) is 16.0. The summed E-state index contributed by atoms with van der Waals surface area (Å²) in [6.45, 7) is 1.76. The summed E-state index contributed by atoms with van der Waals surface area (Å²) >= 11 is 0. The molecule has 2 N–H and O–H groups in total. The van der Waals surface area contributed by atoms with Gasteiger partial charge in [-0.1, -0.05) is 6.42 Å². The highest BCUT2D eigenvalue weighted by atomic mass is 35.5. The van der Waals surface area contributed by atoms with Crippen molar-refractivity contribution >= 4 is 30.7 Å². The van der Waals surface area contributed by atoms with Crippen LogP contribution in [0.4, 0.5) is 0 Å². The van der Waals surface area contributed by atoms with E-state index in [1.807, 2.05) is 17.9 Å². The van der Waals surface area contributed by atoms with Crippen LogP contribution in [0.15, 0.2) is 12.4 Å². The van der Waals surface area contributed by atoms with E-state index < -0.39 is 0 Å². The molecular weight excluding hydrogens is 359 g/mol. The molecule has 2 aliphatic carbocycles. The number of rotatable bonds is 2. The molecule has 25 heavy (non-hydrogen) atoms. The number of likely N-dealkylation sites (tertiary alicyclic amines) is 1. The number of nitrogens with two attached hydrogens (primary N) is 1. The van der Waals surface area contributed by atoms with Crippen molar-refractivity contribution in [2.24, 2.45) is 30.5 Å². The molecule has 0 spiro atoms. The monoisotopic (exact) mass is 388 g/mol. The molecule has 1 aromatic rings. The van der Waals surface area contributed by atoms with E-state index in [0.29, 0.717) is 29.7 Å². The summed E-state index contributed by atoms with van der Waals surface area (Å²) in [5.74, 6) is 2.22. The molecule has 2 heterocycles. The van der Waals surface area contributed by atoms with Gasteiger partial charge in [-0.25, -0.2) is 0 Å². The lowest BCUT2D eigenvalue weighted by Gasteiger charge is -2.44. The van der Waals surface area contributed by atoms with E-state index in [1.54, 1.807) is 0 Å². The van der Waals surface area contributed by atoms with Crippen molar-refractivity contribution < 1.29 is 4.79 Å². The largest absolute Gasteiger partial charge is 0.342 e. The van der Waals surface area contributed by atoms with Gasteiger partial charge in [0, 0.05) is 44.2 Å². The minimum Gasteiger partial charge on any atom is -0.342 e. The molecule has 142 valence electrons. The molecule has 2 bridgehead atoms. The Hall–Kier alpha value is -0.780. The van der Waals surface area contributed by atoms with Gasteiger partial charge in [0.1, 0.15) is 0 Å². The van der Waals surface area contributed by atoms with Gasteiger partial charge in [0.25, 0.3) is 0 Å². The van der Waals surface area contributed by atoms with Crippen molar-refractivity contribution in [3.8, 4) is 0 Å². The second kappa shape index (κ2) is 8.28. The summed E-state index contributed by atoms with van der Waals surface area (Å²) in [7, 11) is 1.95. The van der Waals surface area contributed by atoms with Gasteiger partial charge in [0.2, 0.25) is 5.91 Å². The Balaban J connectivity index is 0.00000113. The van der Waals surface area contributed by atoms with Gasteiger partial charge in [0.05, 0.1) is 6.20 Å². The Morgan fingerprint density at radius 1 is 1.20 bits per heavy atom. The SMILES string of the molecule is Cl.Cl.Cn1cc(C2CCN(C(=O)C3CC4CCCC(C3)C4N)C2)cn1. The van der Waals surface area contributed by atoms with E-state index in [0.717, 1.165) is 32.4 Å². The third-order valence-electron chi connectivity index (χ3n) is 6.46. The first-order valence-corrected chi connectivity index (χ1v) is 9.14. The summed E-state index contributed by atoms with van der Waals surface area (Å²) in [5, 5.41) is 4.27. The molecule has 3 fully saturated rings. The van der Waals surface area contributed by atoms with E-state index in [-0.39, 0.29) is 30.7 Å². The molecule has 1 amide bonds. The number of carbonyl (C=O) groups excluding carboxylic acids is 1. The number of halogens is 2. The van der Waals surface area contributed by atoms with E-state index >= 15 is 0 Å². The molecule has 0 aromatic carbocycles. The van der Waals surface area contributed by atoms with Crippen molar-refractivity contribution in [2.75, 3.05) is 13.1 Å². The highest BCUT2D eigenvalue weighted by Crippen LogP contribution is 2.43. The molecule has 7 heteroatoms. The number of aromatic nitrogens is 2. The van der Waals surface area contributed by atoms with Crippen LogP contribution in [0.2, 0.25) is 0 Å². The Bertz CT molecular complexity index is 579. The molecule has 4 rings (SSSR count). The van der Waals surface area contributed by atoms with E-state index in [9.17, 15) is 4.79 Å². The van der Waals surface area contributed by atoms with Crippen LogP contribution in [0.25, 0.3) is 0 Å². The zero-order valence-corrected chi connectivity index (χ0v) is 16.5. The molecular formula is C18H30Cl2N4O. The third kappa shape index (κ3) is 3.99. The lowest BCUT2D eigenvalue weighted by molar-refractivity contribution is -0.137. The molecule has 1 aromatic heterocycles. The number of hydrogen-bond donors (Lipinski definition) is 1. The Kier molecular flexibility index (Phi) is 6.80. The quantitative estimate of drug-likeness (QED) is 0.846. The number of amides is 1. The van der Waals surface area contributed by atoms with Gasteiger partial charge >= 0.3 is 0 Å². The van der Waals surface area contributed by atoms with Crippen molar-refractivity contribution in [3.05, 3.63) is 18.0 Å². The molecule has 2 saturated carbocycles. The lowest BCUT2D eigenvalue weighted by Crippen LogP contribution is -2.49. The summed E-state index contributed by atoms with van der Waals surface area (Å²) in [4.78, 5) is 15.1. The average Bonchev–Trinajstić information content (AvgIpc) is 3.15. The third-order valence-corrected chi connectivity index (χ3v) is 6.46. The second-order valence-electron chi connectivity index (χ2n) is 7.91. The summed E-state index contributed by atoms with van der Waals surface area (Å²) in [6.07, 6.45) is 10.9. The van der Waals surface area contributed by atoms with Crippen molar-refractivity contribution in [1.82, 2.24) is 14.7 Å². The Morgan fingerprint density at radius 3 is 2.48 bits per heavy atom. The minimum absolute atomic E-state index is 0. The number of carbonyl (C=O) groups is 1. The fourth-order valence-corrected chi connectivity index (χ4v) is 5.13. The lowest BCUT2D eigenvalue weighted by atomic mass is 9.65. The van der Waals surface area contributed by atoms with E-state index in [2.05, 4.69) is 16.2 Å².